The summed E-state index contributed by atoms with van der Waals surface area (Å²) < 4.78 is 0. The van der Waals surface area contributed by atoms with Crippen LogP contribution in [0.2, 0.25) is 0 Å². The average molecular weight is 231 g/mol. The smallest absolute Gasteiger partial charge is 0.265 e. The average Bonchev–Trinajstić information content (AvgIpc) is 2.88. The van der Waals surface area contributed by atoms with E-state index in [0.717, 1.165) is 12.8 Å². The summed E-state index contributed by atoms with van der Waals surface area (Å²) in [5, 5.41) is 0. The van der Waals surface area contributed by atoms with Crippen molar-refractivity contribution in [1.82, 2.24) is 9.88 Å². The molecule has 2 rings (SSSR count). The van der Waals surface area contributed by atoms with Gasteiger partial charge in [0.2, 0.25) is 0 Å². The van der Waals surface area contributed by atoms with Crippen LogP contribution in [0.1, 0.15) is 22.5 Å². The van der Waals surface area contributed by atoms with E-state index in [1.165, 1.54) is 11.3 Å². The maximum absolute atomic E-state index is 11.9. The van der Waals surface area contributed by atoms with Crippen molar-refractivity contribution >= 4 is 28.8 Å². The van der Waals surface area contributed by atoms with Crippen molar-refractivity contribution in [3.63, 3.8) is 0 Å². The molecule has 3 nitrogen and oxygen atoms in total. The zero-order valence-electron chi connectivity index (χ0n) is 7.65. The van der Waals surface area contributed by atoms with Gasteiger partial charge < -0.3 is 4.90 Å². The number of thiazole rings is 1. The van der Waals surface area contributed by atoms with Crippen LogP contribution >= 0.6 is 22.9 Å². The Labute approximate surface area is 91.7 Å². The van der Waals surface area contributed by atoms with Crippen LogP contribution in [-0.4, -0.2) is 34.3 Å². The molecule has 1 aliphatic carbocycles. The highest BCUT2D eigenvalue weighted by atomic mass is 35.5. The van der Waals surface area contributed by atoms with Crippen molar-refractivity contribution in [3.8, 4) is 0 Å². The first kappa shape index (κ1) is 9.93. The lowest BCUT2D eigenvalue weighted by Crippen LogP contribution is -2.34. The SMILES string of the molecule is O=C(c1cncs1)N(CCCl)C1CC1. The highest BCUT2D eigenvalue weighted by molar-refractivity contribution is 7.11. The van der Waals surface area contributed by atoms with E-state index in [4.69, 9.17) is 11.6 Å². The molecule has 0 aromatic carbocycles. The molecule has 1 aromatic heterocycles. The minimum Gasteiger partial charge on any atom is -0.334 e. The van der Waals surface area contributed by atoms with Crippen LogP contribution in [0.15, 0.2) is 11.7 Å². The Morgan fingerprint density at radius 3 is 3.00 bits per heavy atom. The van der Waals surface area contributed by atoms with E-state index in [-0.39, 0.29) is 5.91 Å². The number of hydrogen-bond acceptors (Lipinski definition) is 3. The normalized spacial score (nSPS) is 15.5. The van der Waals surface area contributed by atoms with E-state index in [1.807, 2.05) is 4.90 Å². The molecule has 0 radical (unpaired) electrons. The maximum Gasteiger partial charge on any atom is 0.265 e. The molecule has 0 bridgehead atoms. The standard InChI is InChI=1S/C9H11ClN2OS/c10-3-4-12(7-1-2-7)9(13)8-5-11-6-14-8/h5-7H,1-4H2. The van der Waals surface area contributed by atoms with E-state index in [9.17, 15) is 4.79 Å². The number of amides is 1. The Morgan fingerprint density at radius 2 is 2.50 bits per heavy atom. The molecule has 0 unspecified atom stereocenters. The van der Waals surface area contributed by atoms with Gasteiger partial charge in [0.15, 0.2) is 0 Å². The number of alkyl halides is 1. The molecule has 0 aliphatic heterocycles. The summed E-state index contributed by atoms with van der Waals surface area (Å²) in [6, 6.07) is 0.420. The van der Waals surface area contributed by atoms with E-state index in [2.05, 4.69) is 4.98 Å². The molecule has 76 valence electrons. The second-order valence-corrected chi connectivity index (χ2v) is 4.55. The van der Waals surface area contributed by atoms with Gasteiger partial charge in [-0.3, -0.25) is 9.78 Å². The number of halogens is 1. The first-order valence-electron chi connectivity index (χ1n) is 4.58. The van der Waals surface area contributed by atoms with Crippen LogP contribution in [0.25, 0.3) is 0 Å². The summed E-state index contributed by atoms with van der Waals surface area (Å²) in [4.78, 5) is 18.4. The van der Waals surface area contributed by atoms with Gasteiger partial charge >= 0.3 is 0 Å². The fourth-order valence-electron chi connectivity index (χ4n) is 1.39. The van der Waals surface area contributed by atoms with Gasteiger partial charge in [-0.25, -0.2) is 0 Å². The van der Waals surface area contributed by atoms with Gasteiger partial charge in [-0.15, -0.1) is 22.9 Å². The molecule has 1 heterocycles. The van der Waals surface area contributed by atoms with Gasteiger partial charge in [-0.05, 0) is 12.8 Å². The Kier molecular flexibility index (Phi) is 3.03. The number of hydrogen-bond donors (Lipinski definition) is 0. The number of carbonyl (C=O) groups excluding carboxylic acids is 1. The Hall–Kier alpha value is -0.610. The van der Waals surface area contributed by atoms with Crippen LogP contribution in [0.3, 0.4) is 0 Å². The van der Waals surface area contributed by atoms with E-state index in [0.29, 0.717) is 23.3 Å². The van der Waals surface area contributed by atoms with Crippen LogP contribution in [0.5, 0.6) is 0 Å². The fraction of sp³-hybridized carbons (Fsp3) is 0.556. The molecular weight excluding hydrogens is 220 g/mol. The zero-order valence-corrected chi connectivity index (χ0v) is 9.22. The van der Waals surface area contributed by atoms with Crippen molar-refractivity contribution in [3.05, 3.63) is 16.6 Å². The number of rotatable bonds is 4. The van der Waals surface area contributed by atoms with Crippen molar-refractivity contribution in [2.24, 2.45) is 0 Å². The molecule has 0 saturated heterocycles. The van der Waals surface area contributed by atoms with Gasteiger partial charge in [-0.2, -0.15) is 0 Å². The Morgan fingerprint density at radius 1 is 1.71 bits per heavy atom. The van der Waals surface area contributed by atoms with Crippen molar-refractivity contribution in [1.29, 1.82) is 0 Å². The summed E-state index contributed by atoms with van der Waals surface area (Å²) in [5.74, 6) is 0.580. The minimum atomic E-state index is 0.0793. The first-order chi connectivity index (χ1) is 6.83. The maximum atomic E-state index is 11.9. The number of aromatic nitrogens is 1. The van der Waals surface area contributed by atoms with E-state index >= 15 is 0 Å². The molecule has 5 heteroatoms. The molecule has 1 fully saturated rings. The third-order valence-electron chi connectivity index (χ3n) is 2.22. The second-order valence-electron chi connectivity index (χ2n) is 3.28. The van der Waals surface area contributed by atoms with Gasteiger partial charge in [0, 0.05) is 18.5 Å². The van der Waals surface area contributed by atoms with Crippen LogP contribution < -0.4 is 0 Å². The zero-order chi connectivity index (χ0) is 9.97. The molecule has 14 heavy (non-hydrogen) atoms. The summed E-state index contributed by atoms with van der Waals surface area (Å²) in [6.45, 7) is 0.642. The molecule has 0 N–H and O–H groups in total. The fourth-order valence-corrected chi connectivity index (χ4v) is 2.15. The minimum absolute atomic E-state index is 0.0793. The predicted molar refractivity (Wildman–Crippen MR) is 56.9 cm³/mol. The summed E-state index contributed by atoms with van der Waals surface area (Å²) >= 11 is 7.05. The van der Waals surface area contributed by atoms with Gasteiger partial charge in [0.1, 0.15) is 4.88 Å². The quantitative estimate of drug-likeness (QED) is 0.742. The second kappa shape index (κ2) is 4.28. The van der Waals surface area contributed by atoms with Gasteiger partial charge in [-0.1, -0.05) is 0 Å². The number of nitrogens with zero attached hydrogens (tertiary/aromatic N) is 2. The first-order valence-corrected chi connectivity index (χ1v) is 5.99. The summed E-state index contributed by atoms with van der Waals surface area (Å²) in [7, 11) is 0. The largest absolute Gasteiger partial charge is 0.334 e. The third kappa shape index (κ3) is 2.07. The molecule has 1 aromatic rings. The lowest BCUT2D eigenvalue weighted by Gasteiger charge is -2.19. The lowest BCUT2D eigenvalue weighted by atomic mass is 10.4. The topological polar surface area (TPSA) is 33.2 Å². The van der Waals surface area contributed by atoms with E-state index in [1.54, 1.807) is 11.7 Å². The Balaban J connectivity index is 2.07. The van der Waals surface area contributed by atoms with Gasteiger partial charge in [0.25, 0.3) is 5.91 Å². The van der Waals surface area contributed by atoms with Crippen molar-refractivity contribution < 1.29 is 4.79 Å². The highest BCUT2D eigenvalue weighted by Gasteiger charge is 2.32. The molecule has 1 amide bonds. The van der Waals surface area contributed by atoms with Crippen molar-refractivity contribution in [2.45, 2.75) is 18.9 Å². The van der Waals surface area contributed by atoms with Crippen LogP contribution in [-0.2, 0) is 0 Å². The Bertz CT molecular complexity index is 311. The van der Waals surface area contributed by atoms with Crippen LogP contribution in [0.4, 0.5) is 0 Å². The number of carbonyl (C=O) groups is 1. The highest BCUT2D eigenvalue weighted by Crippen LogP contribution is 2.28. The van der Waals surface area contributed by atoms with Gasteiger partial charge in [0.05, 0.1) is 11.7 Å². The lowest BCUT2D eigenvalue weighted by molar-refractivity contribution is 0.0758. The molecule has 1 saturated carbocycles. The van der Waals surface area contributed by atoms with Crippen molar-refractivity contribution in [2.75, 3.05) is 12.4 Å². The summed E-state index contributed by atoms with van der Waals surface area (Å²) in [6.07, 6.45) is 3.85. The molecule has 0 atom stereocenters. The monoisotopic (exact) mass is 230 g/mol. The molecule has 1 aliphatic rings. The third-order valence-corrected chi connectivity index (χ3v) is 3.15. The molecule has 0 spiro atoms. The molecular formula is C9H11ClN2OS. The van der Waals surface area contributed by atoms with E-state index < -0.39 is 0 Å². The predicted octanol–water partition coefficient (Wildman–Crippen LogP) is 1.99. The van der Waals surface area contributed by atoms with Crippen LogP contribution in [0, 0.1) is 0 Å². The summed E-state index contributed by atoms with van der Waals surface area (Å²) in [5.41, 5.74) is 1.68.